The Morgan fingerprint density at radius 1 is 1.07 bits per heavy atom. The minimum atomic E-state index is 0.125. The van der Waals surface area contributed by atoms with E-state index in [-0.39, 0.29) is 5.78 Å². The molecule has 0 N–H and O–H groups in total. The van der Waals surface area contributed by atoms with E-state index >= 15 is 0 Å². The Morgan fingerprint density at radius 3 is 2.37 bits per heavy atom. The lowest BCUT2D eigenvalue weighted by Gasteiger charge is -2.49. The zero-order chi connectivity index (χ0) is 18.9. The molecule has 3 fully saturated rings. The molecule has 1 aromatic rings. The zero-order valence-corrected chi connectivity index (χ0v) is 16.6. The van der Waals surface area contributed by atoms with E-state index in [2.05, 4.69) is 21.9 Å². The number of carbonyl (C=O) groups excluding carboxylic acids is 2. The van der Waals surface area contributed by atoms with Crippen LogP contribution in [0.15, 0.2) is 24.3 Å². The molecule has 1 amide bonds. The van der Waals surface area contributed by atoms with Gasteiger partial charge in [-0.2, -0.15) is 0 Å². The number of ketones is 1. The van der Waals surface area contributed by atoms with Crippen molar-refractivity contribution in [2.75, 3.05) is 19.6 Å². The number of Topliss-reactive ketones (excluding diaryl/α,β-unsaturated/α-hetero) is 1. The number of carbonyl (C=O) groups is 2. The molecule has 4 heteroatoms. The largest absolute Gasteiger partial charge is 0.339 e. The molecule has 2 aliphatic heterocycles. The first-order valence-corrected chi connectivity index (χ1v) is 10.7. The second-order valence-electron chi connectivity index (χ2n) is 8.99. The zero-order valence-electron chi connectivity index (χ0n) is 16.6. The van der Waals surface area contributed by atoms with Crippen molar-refractivity contribution in [1.29, 1.82) is 0 Å². The smallest absolute Gasteiger partial charge is 0.222 e. The predicted molar refractivity (Wildman–Crippen MR) is 107 cm³/mol. The van der Waals surface area contributed by atoms with Gasteiger partial charge in [0.25, 0.3) is 0 Å². The van der Waals surface area contributed by atoms with Gasteiger partial charge in [-0.15, -0.1) is 0 Å². The van der Waals surface area contributed by atoms with E-state index in [1.165, 1.54) is 44.1 Å². The normalized spacial score (nSPS) is 23.9. The number of nitrogens with zero attached hydrogens (tertiary/aromatic N) is 2. The van der Waals surface area contributed by atoms with Crippen molar-refractivity contribution in [2.24, 2.45) is 5.41 Å². The molecule has 3 aliphatic rings. The Labute approximate surface area is 162 Å². The van der Waals surface area contributed by atoms with Crippen LogP contribution in [0.3, 0.4) is 0 Å². The quantitative estimate of drug-likeness (QED) is 0.753. The van der Waals surface area contributed by atoms with Gasteiger partial charge < -0.3 is 4.90 Å². The minimum absolute atomic E-state index is 0.125. The SMILES string of the molecule is CC(=O)c1ccc(CN2CCC3(CCC(=O)N(C4CCCC4)C3)CC2)cc1. The summed E-state index contributed by atoms with van der Waals surface area (Å²) in [6.07, 6.45) is 9.24. The maximum atomic E-state index is 12.5. The first-order valence-electron chi connectivity index (χ1n) is 10.7. The van der Waals surface area contributed by atoms with Gasteiger partial charge in [0.1, 0.15) is 0 Å². The second-order valence-corrected chi connectivity index (χ2v) is 8.99. The Balaban J connectivity index is 1.33. The van der Waals surface area contributed by atoms with Crippen LogP contribution in [-0.2, 0) is 11.3 Å². The summed E-state index contributed by atoms with van der Waals surface area (Å²) in [6, 6.07) is 8.57. The van der Waals surface area contributed by atoms with Gasteiger partial charge in [0.15, 0.2) is 5.78 Å². The average molecular weight is 369 g/mol. The monoisotopic (exact) mass is 368 g/mol. The molecule has 4 rings (SSSR count). The van der Waals surface area contributed by atoms with E-state index in [1.807, 2.05) is 12.1 Å². The van der Waals surface area contributed by atoms with E-state index in [9.17, 15) is 9.59 Å². The molecule has 4 nitrogen and oxygen atoms in total. The van der Waals surface area contributed by atoms with Crippen molar-refractivity contribution < 1.29 is 9.59 Å². The predicted octanol–water partition coefficient (Wildman–Crippen LogP) is 4.04. The summed E-state index contributed by atoms with van der Waals surface area (Å²) in [7, 11) is 0. The number of piperidine rings is 2. The maximum absolute atomic E-state index is 12.5. The van der Waals surface area contributed by atoms with E-state index in [4.69, 9.17) is 0 Å². The standard InChI is InChI=1S/C23H32N2O2/c1-18(26)20-8-6-19(7-9-20)16-24-14-12-23(13-15-24)11-10-22(27)25(17-23)21-4-2-3-5-21/h6-9,21H,2-5,10-17H2,1H3. The van der Waals surface area contributed by atoms with Crippen LogP contribution in [0.5, 0.6) is 0 Å². The van der Waals surface area contributed by atoms with Gasteiger partial charge in [-0.05, 0) is 63.1 Å². The summed E-state index contributed by atoms with van der Waals surface area (Å²) >= 11 is 0. The summed E-state index contributed by atoms with van der Waals surface area (Å²) in [6.45, 7) is 5.79. The molecule has 27 heavy (non-hydrogen) atoms. The van der Waals surface area contributed by atoms with E-state index in [1.54, 1.807) is 6.92 Å². The number of amides is 1. The van der Waals surface area contributed by atoms with Crippen LogP contribution in [-0.4, -0.2) is 47.2 Å². The highest BCUT2D eigenvalue weighted by Crippen LogP contribution is 2.42. The molecule has 0 atom stereocenters. The van der Waals surface area contributed by atoms with Gasteiger partial charge in [0.05, 0.1) is 0 Å². The molecule has 0 bridgehead atoms. The van der Waals surface area contributed by atoms with Crippen molar-refractivity contribution in [1.82, 2.24) is 9.80 Å². The lowest BCUT2D eigenvalue weighted by atomic mass is 9.72. The van der Waals surface area contributed by atoms with Crippen molar-refractivity contribution in [2.45, 2.75) is 70.9 Å². The Bertz CT molecular complexity index is 683. The summed E-state index contributed by atoms with van der Waals surface area (Å²) in [4.78, 5) is 28.7. The third-order valence-electron chi connectivity index (χ3n) is 7.14. The van der Waals surface area contributed by atoms with E-state index in [0.717, 1.165) is 44.6 Å². The van der Waals surface area contributed by atoms with Gasteiger partial charge >= 0.3 is 0 Å². The Morgan fingerprint density at radius 2 is 1.74 bits per heavy atom. The van der Waals surface area contributed by atoms with Gasteiger partial charge in [-0.3, -0.25) is 14.5 Å². The summed E-state index contributed by atoms with van der Waals surface area (Å²) < 4.78 is 0. The molecule has 0 aromatic heterocycles. The maximum Gasteiger partial charge on any atom is 0.222 e. The fraction of sp³-hybridized carbons (Fsp3) is 0.652. The number of benzene rings is 1. The molecule has 0 unspecified atom stereocenters. The fourth-order valence-electron chi connectivity index (χ4n) is 5.29. The Hall–Kier alpha value is -1.68. The third kappa shape index (κ3) is 4.11. The molecule has 1 saturated carbocycles. The molecule has 146 valence electrons. The van der Waals surface area contributed by atoms with Crippen molar-refractivity contribution in [3.63, 3.8) is 0 Å². The number of rotatable bonds is 4. The topological polar surface area (TPSA) is 40.6 Å². The van der Waals surface area contributed by atoms with Crippen LogP contribution < -0.4 is 0 Å². The lowest BCUT2D eigenvalue weighted by Crippen LogP contribution is -2.53. The van der Waals surface area contributed by atoms with E-state index in [0.29, 0.717) is 17.4 Å². The molecular weight excluding hydrogens is 336 g/mol. The Kier molecular flexibility index (Phi) is 5.36. The second kappa shape index (κ2) is 7.75. The van der Waals surface area contributed by atoms with Crippen LogP contribution in [0.4, 0.5) is 0 Å². The molecule has 2 heterocycles. The molecule has 2 saturated heterocycles. The first-order chi connectivity index (χ1) is 13.0. The van der Waals surface area contributed by atoms with E-state index < -0.39 is 0 Å². The number of hydrogen-bond acceptors (Lipinski definition) is 3. The highest BCUT2D eigenvalue weighted by Gasteiger charge is 2.43. The van der Waals surface area contributed by atoms with Gasteiger partial charge in [-0.1, -0.05) is 37.1 Å². The lowest BCUT2D eigenvalue weighted by molar-refractivity contribution is -0.142. The number of hydrogen-bond donors (Lipinski definition) is 0. The van der Waals surface area contributed by atoms with Crippen molar-refractivity contribution in [3.8, 4) is 0 Å². The van der Waals surface area contributed by atoms with Gasteiger partial charge in [-0.25, -0.2) is 0 Å². The van der Waals surface area contributed by atoms with Crippen LogP contribution in [0.25, 0.3) is 0 Å². The minimum Gasteiger partial charge on any atom is -0.339 e. The van der Waals surface area contributed by atoms with Crippen molar-refractivity contribution >= 4 is 11.7 Å². The molecular formula is C23H32N2O2. The van der Waals surface area contributed by atoms with Crippen LogP contribution in [0.2, 0.25) is 0 Å². The van der Waals surface area contributed by atoms with Gasteiger partial charge in [0.2, 0.25) is 5.91 Å². The number of likely N-dealkylation sites (tertiary alicyclic amines) is 2. The highest BCUT2D eigenvalue weighted by molar-refractivity contribution is 5.94. The van der Waals surface area contributed by atoms with Crippen molar-refractivity contribution in [3.05, 3.63) is 35.4 Å². The fourth-order valence-corrected chi connectivity index (χ4v) is 5.29. The average Bonchev–Trinajstić information content (AvgIpc) is 3.21. The van der Waals surface area contributed by atoms with Crippen LogP contribution in [0.1, 0.15) is 74.2 Å². The summed E-state index contributed by atoms with van der Waals surface area (Å²) in [5.74, 6) is 0.528. The van der Waals surface area contributed by atoms with Crippen LogP contribution >= 0.6 is 0 Å². The first kappa shape index (κ1) is 18.7. The summed E-state index contributed by atoms with van der Waals surface area (Å²) in [5.41, 5.74) is 2.42. The molecule has 1 aliphatic carbocycles. The molecule has 1 aromatic carbocycles. The van der Waals surface area contributed by atoms with Gasteiger partial charge in [0, 0.05) is 31.1 Å². The third-order valence-corrected chi connectivity index (χ3v) is 7.14. The molecule has 0 radical (unpaired) electrons. The highest BCUT2D eigenvalue weighted by atomic mass is 16.2. The molecule has 1 spiro atoms. The summed E-state index contributed by atoms with van der Waals surface area (Å²) in [5, 5.41) is 0. The van der Waals surface area contributed by atoms with Crippen LogP contribution in [0, 0.1) is 5.41 Å².